The van der Waals surface area contributed by atoms with Crippen molar-refractivity contribution in [2.75, 3.05) is 6.54 Å². The molecule has 0 radical (unpaired) electrons. The number of carbonyl (C=O) groups excluding carboxylic acids is 2. The quantitative estimate of drug-likeness (QED) is 0.619. The summed E-state index contributed by atoms with van der Waals surface area (Å²) < 4.78 is 0. The van der Waals surface area contributed by atoms with Crippen molar-refractivity contribution in [1.82, 2.24) is 10.6 Å². The van der Waals surface area contributed by atoms with Gasteiger partial charge in [0.1, 0.15) is 0 Å². The molecule has 3 atom stereocenters. The number of nitrogens with one attached hydrogen (secondary N) is 2. The first-order valence-electron chi connectivity index (χ1n) is 5.82. The van der Waals surface area contributed by atoms with Gasteiger partial charge >= 0.3 is 0 Å². The molecular weight excluding hydrogens is 206 g/mol. The van der Waals surface area contributed by atoms with Gasteiger partial charge in [-0.25, -0.2) is 0 Å². The summed E-state index contributed by atoms with van der Waals surface area (Å²) in [5.74, 6) is -0.361. The molecule has 2 amide bonds. The fourth-order valence-corrected chi connectivity index (χ4v) is 2.10. The van der Waals surface area contributed by atoms with Crippen LogP contribution in [0.25, 0.3) is 0 Å². The Labute approximate surface area is 96.1 Å². The highest BCUT2D eigenvalue weighted by atomic mass is 16.2. The molecule has 1 aliphatic heterocycles. The second-order valence-electron chi connectivity index (χ2n) is 4.57. The van der Waals surface area contributed by atoms with Crippen LogP contribution in [0.4, 0.5) is 0 Å². The molecule has 0 bridgehead atoms. The molecule has 0 aromatic heterocycles. The molecule has 5 nitrogen and oxygen atoms in total. The van der Waals surface area contributed by atoms with Crippen LogP contribution in [0.1, 0.15) is 33.1 Å². The molecule has 0 aromatic rings. The highest BCUT2D eigenvalue weighted by molar-refractivity contribution is 5.81. The lowest BCUT2D eigenvalue weighted by molar-refractivity contribution is -0.127. The summed E-state index contributed by atoms with van der Waals surface area (Å²) in [6.07, 6.45) is 2.12. The zero-order chi connectivity index (χ0) is 12.1. The Bertz CT molecular complexity index is 268. The van der Waals surface area contributed by atoms with Gasteiger partial charge in [0.25, 0.3) is 0 Å². The topological polar surface area (TPSA) is 84.2 Å². The van der Waals surface area contributed by atoms with Crippen molar-refractivity contribution in [3.8, 4) is 0 Å². The van der Waals surface area contributed by atoms with Crippen LogP contribution in [-0.4, -0.2) is 30.4 Å². The minimum Gasteiger partial charge on any atom is -0.370 e. The van der Waals surface area contributed by atoms with E-state index in [-0.39, 0.29) is 36.2 Å². The van der Waals surface area contributed by atoms with Gasteiger partial charge in [0.15, 0.2) is 0 Å². The highest BCUT2D eigenvalue weighted by Crippen LogP contribution is 2.16. The average Bonchev–Trinajstić information content (AvgIpc) is 2.16. The third-order valence-corrected chi connectivity index (χ3v) is 2.99. The number of hydrogen-bond acceptors (Lipinski definition) is 3. The van der Waals surface area contributed by atoms with Crippen molar-refractivity contribution in [3.05, 3.63) is 0 Å². The standard InChI is InChI=1S/C11H21N3O2/c1-7(6-10(12)15)14-11(16)9-4-3-5-13-8(9)2/h7-9,13H,3-6H2,1-2H3,(H2,12,15)(H,14,16). The SMILES string of the molecule is CC(CC(N)=O)NC(=O)C1CCCNC1C. The Balaban J connectivity index is 2.41. The van der Waals surface area contributed by atoms with Crippen LogP contribution in [0, 0.1) is 5.92 Å². The highest BCUT2D eigenvalue weighted by Gasteiger charge is 2.28. The minimum absolute atomic E-state index is 0.00377. The van der Waals surface area contributed by atoms with E-state index in [2.05, 4.69) is 10.6 Å². The van der Waals surface area contributed by atoms with Gasteiger partial charge < -0.3 is 16.4 Å². The first kappa shape index (κ1) is 13.0. The minimum atomic E-state index is -0.386. The molecule has 1 heterocycles. The average molecular weight is 227 g/mol. The smallest absolute Gasteiger partial charge is 0.224 e. The van der Waals surface area contributed by atoms with Gasteiger partial charge in [-0.1, -0.05) is 0 Å². The van der Waals surface area contributed by atoms with E-state index in [4.69, 9.17) is 5.73 Å². The van der Waals surface area contributed by atoms with Crippen molar-refractivity contribution in [2.45, 2.75) is 45.2 Å². The predicted octanol–water partition coefficient (Wildman–Crippen LogP) is -0.245. The molecular formula is C11H21N3O2. The van der Waals surface area contributed by atoms with Crippen molar-refractivity contribution in [1.29, 1.82) is 0 Å². The van der Waals surface area contributed by atoms with E-state index in [9.17, 15) is 9.59 Å². The molecule has 0 aromatic carbocycles. The van der Waals surface area contributed by atoms with E-state index in [0.717, 1.165) is 19.4 Å². The fourth-order valence-electron chi connectivity index (χ4n) is 2.10. The van der Waals surface area contributed by atoms with Crippen LogP contribution < -0.4 is 16.4 Å². The van der Waals surface area contributed by atoms with Crippen LogP contribution in [-0.2, 0) is 9.59 Å². The van der Waals surface area contributed by atoms with Crippen LogP contribution in [0.15, 0.2) is 0 Å². The van der Waals surface area contributed by atoms with Crippen LogP contribution in [0.3, 0.4) is 0 Å². The molecule has 1 saturated heterocycles. The zero-order valence-corrected chi connectivity index (χ0v) is 9.95. The Kier molecular flexibility index (Phi) is 4.73. The van der Waals surface area contributed by atoms with Crippen molar-refractivity contribution in [2.24, 2.45) is 11.7 Å². The largest absolute Gasteiger partial charge is 0.370 e. The van der Waals surface area contributed by atoms with Crippen molar-refractivity contribution in [3.63, 3.8) is 0 Å². The lowest BCUT2D eigenvalue weighted by atomic mass is 9.91. The Hall–Kier alpha value is -1.10. The summed E-state index contributed by atoms with van der Waals surface area (Å²) >= 11 is 0. The molecule has 5 heteroatoms. The zero-order valence-electron chi connectivity index (χ0n) is 9.95. The summed E-state index contributed by atoms with van der Waals surface area (Å²) in [5, 5.41) is 6.11. The molecule has 4 N–H and O–H groups in total. The molecule has 1 aliphatic rings. The fraction of sp³-hybridized carbons (Fsp3) is 0.818. The summed E-state index contributed by atoms with van der Waals surface area (Å²) in [5.41, 5.74) is 5.07. The molecule has 1 fully saturated rings. The van der Waals surface area contributed by atoms with Gasteiger partial charge in [-0.05, 0) is 33.2 Å². The Morgan fingerprint density at radius 2 is 2.25 bits per heavy atom. The first-order chi connectivity index (χ1) is 7.50. The number of primary amides is 1. The summed E-state index contributed by atoms with van der Waals surface area (Å²) in [4.78, 5) is 22.6. The van der Waals surface area contributed by atoms with Crippen LogP contribution in [0.2, 0.25) is 0 Å². The van der Waals surface area contributed by atoms with Gasteiger partial charge in [-0.3, -0.25) is 9.59 Å². The van der Waals surface area contributed by atoms with E-state index in [1.807, 2.05) is 6.92 Å². The number of amides is 2. The monoisotopic (exact) mass is 227 g/mol. The lowest BCUT2D eigenvalue weighted by Crippen LogP contribution is -2.49. The number of hydrogen-bond donors (Lipinski definition) is 3. The maximum Gasteiger partial charge on any atom is 0.224 e. The number of piperidine rings is 1. The predicted molar refractivity (Wildman–Crippen MR) is 61.6 cm³/mol. The number of rotatable bonds is 4. The first-order valence-corrected chi connectivity index (χ1v) is 5.82. The normalized spacial score (nSPS) is 27.1. The third-order valence-electron chi connectivity index (χ3n) is 2.99. The van der Waals surface area contributed by atoms with Gasteiger partial charge in [-0.15, -0.1) is 0 Å². The van der Waals surface area contributed by atoms with Crippen molar-refractivity contribution >= 4 is 11.8 Å². The van der Waals surface area contributed by atoms with E-state index < -0.39 is 0 Å². The van der Waals surface area contributed by atoms with E-state index in [0.29, 0.717) is 0 Å². The van der Waals surface area contributed by atoms with Crippen molar-refractivity contribution < 1.29 is 9.59 Å². The summed E-state index contributed by atoms with van der Waals surface area (Å²) in [6.45, 7) is 4.79. The van der Waals surface area contributed by atoms with Gasteiger partial charge in [0.05, 0.1) is 5.92 Å². The van der Waals surface area contributed by atoms with Gasteiger partial charge in [-0.2, -0.15) is 0 Å². The van der Waals surface area contributed by atoms with E-state index >= 15 is 0 Å². The maximum absolute atomic E-state index is 11.9. The number of carbonyl (C=O) groups is 2. The molecule has 16 heavy (non-hydrogen) atoms. The Morgan fingerprint density at radius 1 is 1.56 bits per heavy atom. The maximum atomic E-state index is 11.9. The lowest BCUT2D eigenvalue weighted by Gasteiger charge is -2.29. The van der Waals surface area contributed by atoms with E-state index in [1.165, 1.54) is 0 Å². The Morgan fingerprint density at radius 3 is 2.81 bits per heavy atom. The second kappa shape index (κ2) is 5.84. The molecule has 3 unspecified atom stereocenters. The van der Waals surface area contributed by atoms with Crippen LogP contribution >= 0.6 is 0 Å². The van der Waals surface area contributed by atoms with E-state index in [1.54, 1.807) is 6.92 Å². The third kappa shape index (κ3) is 3.81. The molecule has 92 valence electrons. The molecule has 0 saturated carbocycles. The van der Waals surface area contributed by atoms with Gasteiger partial charge in [0, 0.05) is 18.5 Å². The molecule has 0 spiro atoms. The van der Waals surface area contributed by atoms with Gasteiger partial charge in [0.2, 0.25) is 11.8 Å². The molecule has 1 rings (SSSR count). The summed E-state index contributed by atoms with van der Waals surface area (Å²) in [7, 11) is 0. The molecule has 0 aliphatic carbocycles. The number of nitrogens with two attached hydrogens (primary N) is 1. The summed E-state index contributed by atoms with van der Waals surface area (Å²) in [6, 6.07) is 0.0219. The second-order valence-corrected chi connectivity index (χ2v) is 4.57. The van der Waals surface area contributed by atoms with Crippen LogP contribution in [0.5, 0.6) is 0 Å².